The van der Waals surface area contributed by atoms with Crippen molar-refractivity contribution in [3.63, 3.8) is 0 Å². The lowest BCUT2D eigenvalue weighted by Crippen LogP contribution is -2.60. The van der Waals surface area contributed by atoms with Gasteiger partial charge in [-0.25, -0.2) is 4.98 Å². The quantitative estimate of drug-likeness (QED) is 0.199. The highest BCUT2D eigenvalue weighted by Crippen LogP contribution is 2.53. The van der Waals surface area contributed by atoms with Crippen molar-refractivity contribution in [3.05, 3.63) is 126 Å². The van der Waals surface area contributed by atoms with Crippen molar-refractivity contribution in [2.75, 3.05) is 0 Å². The standard InChI is InChI=1S/C29H26N2O4S/c1-19-30-24(18-34-19)26(35-20(2)32)25-27(33)31-28(25)36-29(21-12-6-3-7-13-21,22-14-8-4-9-15-22)23-16-10-5-11-17-23/h3-18,25-26,28H,1-2H3,(H,31,33). The average Bonchev–Trinajstić information content (AvgIpc) is 3.33. The third-order valence-electron chi connectivity index (χ3n) is 6.31. The molecule has 36 heavy (non-hydrogen) atoms. The molecule has 1 amide bonds. The summed E-state index contributed by atoms with van der Waals surface area (Å²) in [6, 6.07) is 30.7. The van der Waals surface area contributed by atoms with E-state index in [1.165, 1.54) is 13.2 Å². The van der Waals surface area contributed by atoms with Gasteiger partial charge in [0.15, 0.2) is 12.0 Å². The third kappa shape index (κ3) is 4.42. The molecule has 2 heterocycles. The van der Waals surface area contributed by atoms with E-state index in [-0.39, 0.29) is 11.3 Å². The Morgan fingerprint density at radius 2 is 1.44 bits per heavy atom. The first kappa shape index (κ1) is 23.9. The van der Waals surface area contributed by atoms with E-state index in [1.807, 2.05) is 54.6 Å². The maximum Gasteiger partial charge on any atom is 0.303 e. The molecule has 7 heteroatoms. The van der Waals surface area contributed by atoms with E-state index in [1.54, 1.807) is 18.7 Å². The summed E-state index contributed by atoms with van der Waals surface area (Å²) < 4.78 is 10.4. The number of rotatable bonds is 8. The molecule has 3 atom stereocenters. The second kappa shape index (κ2) is 10.0. The first-order valence-corrected chi connectivity index (χ1v) is 12.6. The van der Waals surface area contributed by atoms with Gasteiger partial charge in [0.1, 0.15) is 17.9 Å². The molecule has 0 saturated carbocycles. The number of β-lactam (4-membered cyclic amide) rings is 1. The molecule has 0 radical (unpaired) electrons. The largest absolute Gasteiger partial charge is 0.455 e. The number of benzene rings is 3. The number of carbonyl (C=O) groups is 2. The van der Waals surface area contributed by atoms with Gasteiger partial charge in [-0.05, 0) is 16.7 Å². The van der Waals surface area contributed by atoms with Crippen molar-refractivity contribution in [3.8, 4) is 0 Å². The first-order chi connectivity index (χ1) is 17.5. The molecular weight excluding hydrogens is 472 g/mol. The van der Waals surface area contributed by atoms with Crippen molar-refractivity contribution >= 4 is 23.6 Å². The van der Waals surface area contributed by atoms with Crippen LogP contribution in [0.3, 0.4) is 0 Å². The van der Waals surface area contributed by atoms with Crippen molar-refractivity contribution in [1.29, 1.82) is 0 Å². The van der Waals surface area contributed by atoms with Crippen LogP contribution in [-0.4, -0.2) is 22.2 Å². The summed E-state index contributed by atoms with van der Waals surface area (Å²) in [5.41, 5.74) is 3.66. The van der Waals surface area contributed by atoms with Gasteiger partial charge in [-0.2, -0.15) is 0 Å². The Hall–Kier alpha value is -3.84. The number of oxazole rings is 1. The van der Waals surface area contributed by atoms with E-state index in [0.29, 0.717) is 11.6 Å². The summed E-state index contributed by atoms with van der Waals surface area (Å²) in [4.78, 5) is 29.4. The molecule has 1 fully saturated rings. The van der Waals surface area contributed by atoms with Crippen LogP contribution in [0.25, 0.3) is 0 Å². The molecule has 1 aliphatic rings. The number of esters is 1. The fraction of sp³-hybridized carbons (Fsp3) is 0.207. The van der Waals surface area contributed by atoms with Gasteiger partial charge in [-0.3, -0.25) is 9.59 Å². The van der Waals surface area contributed by atoms with Gasteiger partial charge < -0.3 is 14.5 Å². The van der Waals surface area contributed by atoms with Crippen molar-refractivity contribution in [2.45, 2.75) is 30.1 Å². The summed E-state index contributed by atoms with van der Waals surface area (Å²) in [5.74, 6) is -0.871. The number of hydrogen-bond donors (Lipinski definition) is 1. The van der Waals surface area contributed by atoms with Gasteiger partial charge >= 0.3 is 5.97 Å². The number of aryl methyl sites for hydroxylation is 1. The number of hydrogen-bond acceptors (Lipinski definition) is 6. The van der Waals surface area contributed by atoms with Crippen molar-refractivity contribution < 1.29 is 18.7 Å². The molecule has 4 aromatic rings. The zero-order chi connectivity index (χ0) is 25.1. The number of aromatic nitrogens is 1. The van der Waals surface area contributed by atoms with Crippen LogP contribution in [0.2, 0.25) is 0 Å². The second-order valence-electron chi connectivity index (χ2n) is 8.67. The first-order valence-electron chi connectivity index (χ1n) is 11.7. The van der Waals surface area contributed by atoms with Crippen LogP contribution in [0.15, 0.2) is 102 Å². The Labute approximate surface area is 214 Å². The van der Waals surface area contributed by atoms with E-state index < -0.39 is 22.7 Å². The van der Waals surface area contributed by atoms with E-state index >= 15 is 0 Å². The van der Waals surface area contributed by atoms with Gasteiger partial charge in [0.25, 0.3) is 0 Å². The monoisotopic (exact) mass is 498 g/mol. The lowest BCUT2D eigenvalue weighted by molar-refractivity contribution is -0.156. The van der Waals surface area contributed by atoms with Crippen LogP contribution in [0, 0.1) is 12.8 Å². The van der Waals surface area contributed by atoms with Gasteiger partial charge in [0.05, 0.1) is 10.1 Å². The van der Waals surface area contributed by atoms with Crippen molar-refractivity contribution in [1.82, 2.24) is 10.3 Å². The topological polar surface area (TPSA) is 81.4 Å². The molecule has 1 aliphatic heterocycles. The molecule has 3 aromatic carbocycles. The van der Waals surface area contributed by atoms with Crippen LogP contribution < -0.4 is 5.32 Å². The Bertz CT molecular complexity index is 1240. The highest BCUT2D eigenvalue weighted by atomic mass is 32.2. The molecule has 0 spiro atoms. The number of nitrogens with zero attached hydrogens (tertiary/aromatic N) is 1. The molecule has 182 valence electrons. The molecule has 6 nitrogen and oxygen atoms in total. The highest BCUT2D eigenvalue weighted by Gasteiger charge is 2.52. The Balaban J connectivity index is 1.63. The number of carbonyl (C=O) groups excluding carboxylic acids is 2. The lowest BCUT2D eigenvalue weighted by atomic mass is 9.84. The maximum atomic E-state index is 13.0. The van der Waals surface area contributed by atoms with Crippen LogP contribution >= 0.6 is 11.8 Å². The molecule has 0 bridgehead atoms. The molecule has 3 unspecified atom stereocenters. The minimum atomic E-state index is -0.855. The Kier molecular flexibility index (Phi) is 6.65. The summed E-state index contributed by atoms with van der Waals surface area (Å²) >= 11 is 1.63. The molecule has 5 rings (SSSR count). The van der Waals surface area contributed by atoms with Gasteiger partial charge in [0, 0.05) is 13.8 Å². The van der Waals surface area contributed by atoms with Crippen LogP contribution in [-0.2, 0) is 19.1 Å². The van der Waals surface area contributed by atoms with Gasteiger partial charge in [-0.15, -0.1) is 11.8 Å². The fourth-order valence-electron chi connectivity index (χ4n) is 4.69. The normalized spacial score (nSPS) is 18.1. The van der Waals surface area contributed by atoms with Crippen LogP contribution in [0.4, 0.5) is 0 Å². The van der Waals surface area contributed by atoms with E-state index in [0.717, 1.165) is 16.7 Å². The summed E-state index contributed by atoms with van der Waals surface area (Å²) in [7, 11) is 0. The zero-order valence-electron chi connectivity index (χ0n) is 20.0. The lowest BCUT2D eigenvalue weighted by Gasteiger charge is -2.45. The van der Waals surface area contributed by atoms with Gasteiger partial charge in [0.2, 0.25) is 5.91 Å². The smallest absolute Gasteiger partial charge is 0.303 e. The minimum Gasteiger partial charge on any atom is -0.455 e. The maximum absolute atomic E-state index is 13.0. The summed E-state index contributed by atoms with van der Waals surface area (Å²) in [6.45, 7) is 3.05. The van der Waals surface area contributed by atoms with Crippen LogP contribution in [0.5, 0.6) is 0 Å². The number of nitrogens with one attached hydrogen (secondary N) is 1. The van der Waals surface area contributed by atoms with E-state index in [9.17, 15) is 9.59 Å². The average molecular weight is 499 g/mol. The highest BCUT2D eigenvalue weighted by molar-refractivity contribution is 8.01. The number of thioether (sulfide) groups is 1. The van der Waals surface area contributed by atoms with Crippen LogP contribution in [0.1, 0.15) is 41.3 Å². The summed E-state index contributed by atoms with van der Waals surface area (Å²) in [6.07, 6.45) is 0.598. The molecular formula is C29H26N2O4S. The Morgan fingerprint density at radius 1 is 0.944 bits per heavy atom. The molecule has 1 aromatic heterocycles. The minimum absolute atomic E-state index is 0.192. The number of amides is 1. The predicted octanol–water partition coefficient (Wildman–Crippen LogP) is 5.38. The van der Waals surface area contributed by atoms with E-state index in [2.05, 4.69) is 46.7 Å². The molecule has 1 saturated heterocycles. The zero-order valence-corrected chi connectivity index (χ0v) is 20.8. The summed E-state index contributed by atoms with van der Waals surface area (Å²) in [5, 5.41) is 2.70. The Morgan fingerprint density at radius 3 is 1.83 bits per heavy atom. The molecule has 1 N–H and O–H groups in total. The SMILES string of the molecule is CC(=O)OC(c1coc(C)n1)C1C(=O)NC1SC(c1ccccc1)(c1ccccc1)c1ccccc1. The second-order valence-corrected chi connectivity index (χ2v) is 10.0. The third-order valence-corrected chi connectivity index (χ3v) is 8.03. The molecule has 0 aliphatic carbocycles. The fourth-order valence-corrected chi connectivity index (χ4v) is 6.47. The van der Waals surface area contributed by atoms with E-state index in [4.69, 9.17) is 9.15 Å². The predicted molar refractivity (Wildman–Crippen MR) is 138 cm³/mol. The van der Waals surface area contributed by atoms with Crippen molar-refractivity contribution in [2.24, 2.45) is 5.92 Å². The number of ether oxygens (including phenoxy) is 1. The van der Waals surface area contributed by atoms with Gasteiger partial charge in [-0.1, -0.05) is 91.0 Å².